The summed E-state index contributed by atoms with van der Waals surface area (Å²) in [6.07, 6.45) is -4.51. The first-order chi connectivity index (χ1) is 7.19. The van der Waals surface area contributed by atoms with Crippen molar-refractivity contribution in [3.8, 4) is 0 Å². The van der Waals surface area contributed by atoms with E-state index in [4.69, 9.17) is 0 Å². The van der Waals surface area contributed by atoms with Gasteiger partial charge in [0.25, 0.3) is 0 Å². The van der Waals surface area contributed by atoms with E-state index in [0.717, 1.165) is 0 Å². The molecule has 96 valence electrons. The lowest BCUT2D eigenvalue weighted by Crippen LogP contribution is -2.51. The Hall–Kier alpha value is -0.780. The highest BCUT2D eigenvalue weighted by Gasteiger charge is 2.26. The predicted molar refractivity (Wildman–Crippen MR) is 56.1 cm³/mol. The molecular weight excluding hydrogens is 221 g/mol. The lowest BCUT2D eigenvalue weighted by Gasteiger charge is -2.22. The summed E-state index contributed by atoms with van der Waals surface area (Å²) >= 11 is 0. The first-order valence-corrected chi connectivity index (χ1v) is 5.23. The first kappa shape index (κ1) is 15.2. The van der Waals surface area contributed by atoms with Crippen molar-refractivity contribution in [1.29, 1.82) is 0 Å². The molecule has 0 heterocycles. The van der Waals surface area contributed by atoms with Crippen molar-refractivity contribution < 1.29 is 18.0 Å². The van der Waals surface area contributed by atoms with Crippen LogP contribution in [0.25, 0.3) is 0 Å². The summed E-state index contributed by atoms with van der Waals surface area (Å²) in [5, 5.41) is 5.41. The van der Waals surface area contributed by atoms with Crippen LogP contribution >= 0.6 is 0 Å². The predicted octanol–water partition coefficient (Wildman–Crippen LogP) is 1.83. The topological polar surface area (TPSA) is 41.1 Å². The average molecular weight is 240 g/mol. The van der Waals surface area contributed by atoms with Crippen LogP contribution in [-0.2, 0) is 4.79 Å². The number of alkyl halides is 3. The minimum Gasteiger partial charge on any atom is -0.355 e. The van der Waals surface area contributed by atoms with E-state index < -0.39 is 18.1 Å². The third kappa shape index (κ3) is 6.66. The Morgan fingerprint density at radius 1 is 1.19 bits per heavy atom. The Labute approximate surface area is 93.8 Å². The molecule has 0 unspecified atom stereocenters. The summed E-state index contributed by atoms with van der Waals surface area (Å²) in [5.74, 6) is -0.206. The number of hydrogen-bond donors (Lipinski definition) is 2. The number of nitrogens with one attached hydrogen (secondary N) is 2. The molecule has 0 spiro atoms. The highest BCUT2D eigenvalue weighted by atomic mass is 19.4. The zero-order valence-corrected chi connectivity index (χ0v) is 9.87. The number of likely N-dealkylation sites (N-methyl/N-ethyl adjacent to an activating group) is 1. The molecule has 3 nitrogen and oxygen atoms in total. The van der Waals surface area contributed by atoms with E-state index in [2.05, 4.69) is 10.6 Å². The van der Waals surface area contributed by atoms with Crippen molar-refractivity contribution in [2.75, 3.05) is 13.6 Å². The van der Waals surface area contributed by atoms with E-state index in [0.29, 0.717) is 6.42 Å². The SMILES string of the molecule is CNC(C)(C)C(=O)NCCCCC(F)(F)F. The van der Waals surface area contributed by atoms with Crippen molar-refractivity contribution in [2.45, 2.75) is 44.8 Å². The minimum absolute atomic E-state index is 0.0454. The molecule has 0 saturated carbocycles. The lowest BCUT2D eigenvalue weighted by atomic mass is 10.1. The zero-order valence-electron chi connectivity index (χ0n) is 9.87. The quantitative estimate of drug-likeness (QED) is 0.695. The van der Waals surface area contributed by atoms with E-state index >= 15 is 0 Å². The summed E-state index contributed by atoms with van der Waals surface area (Å²) in [6, 6.07) is 0. The maximum atomic E-state index is 11.8. The van der Waals surface area contributed by atoms with Crippen LogP contribution in [0.15, 0.2) is 0 Å². The molecule has 0 radical (unpaired) electrons. The molecule has 0 aliphatic carbocycles. The molecule has 0 saturated heterocycles. The van der Waals surface area contributed by atoms with Crippen LogP contribution in [0.1, 0.15) is 33.1 Å². The fraction of sp³-hybridized carbons (Fsp3) is 0.900. The zero-order chi connectivity index (χ0) is 12.8. The van der Waals surface area contributed by atoms with Gasteiger partial charge in [0.05, 0.1) is 5.54 Å². The summed E-state index contributed by atoms with van der Waals surface area (Å²) < 4.78 is 35.4. The Kier molecular flexibility index (Phi) is 5.78. The maximum Gasteiger partial charge on any atom is 0.389 e. The average Bonchev–Trinajstić information content (AvgIpc) is 2.15. The van der Waals surface area contributed by atoms with Crippen LogP contribution in [0.5, 0.6) is 0 Å². The molecule has 1 amide bonds. The van der Waals surface area contributed by atoms with Crippen molar-refractivity contribution in [3.63, 3.8) is 0 Å². The van der Waals surface area contributed by atoms with Gasteiger partial charge in [-0.3, -0.25) is 4.79 Å². The Balaban J connectivity index is 3.64. The standard InChI is InChI=1S/C10H19F3N2O/c1-9(2,14-3)8(16)15-7-5-4-6-10(11,12)13/h14H,4-7H2,1-3H3,(H,15,16). The smallest absolute Gasteiger partial charge is 0.355 e. The lowest BCUT2D eigenvalue weighted by molar-refractivity contribution is -0.135. The van der Waals surface area contributed by atoms with Gasteiger partial charge in [0, 0.05) is 13.0 Å². The van der Waals surface area contributed by atoms with Gasteiger partial charge in [0.2, 0.25) is 5.91 Å². The highest BCUT2D eigenvalue weighted by molar-refractivity contribution is 5.85. The fourth-order valence-corrected chi connectivity index (χ4v) is 0.987. The second-order valence-corrected chi connectivity index (χ2v) is 4.20. The molecule has 0 aromatic heterocycles. The van der Waals surface area contributed by atoms with Gasteiger partial charge in [-0.05, 0) is 33.7 Å². The largest absolute Gasteiger partial charge is 0.389 e. The molecule has 0 bridgehead atoms. The maximum absolute atomic E-state index is 11.8. The van der Waals surface area contributed by atoms with Gasteiger partial charge in [-0.2, -0.15) is 13.2 Å². The van der Waals surface area contributed by atoms with Crippen LogP contribution in [0.2, 0.25) is 0 Å². The van der Waals surface area contributed by atoms with Crippen molar-refractivity contribution in [2.24, 2.45) is 0 Å². The summed E-state index contributed by atoms with van der Waals surface area (Å²) in [7, 11) is 1.66. The molecule has 0 rings (SSSR count). The first-order valence-electron chi connectivity index (χ1n) is 5.23. The van der Waals surface area contributed by atoms with E-state index in [-0.39, 0.29) is 18.9 Å². The Morgan fingerprint density at radius 3 is 2.19 bits per heavy atom. The normalized spacial score (nSPS) is 12.6. The van der Waals surface area contributed by atoms with Gasteiger partial charge in [-0.25, -0.2) is 0 Å². The van der Waals surface area contributed by atoms with Gasteiger partial charge in [0.15, 0.2) is 0 Å². The Morgan fingerprint density at radius 2 is 1.75 bits per heavy atom. The molecule has 0 aliphatic heterocycles. The number of halogens is 3. The molecule has 0 aromatic rings. The Bertz CT molecular complexity index is 227. The third-order valence-electron chi connectivity index (χ3n) is 2.37. The number of amides is 1. The monoisotopic (exact) mass is 240 g/mol. The van der Waals surface area contributed by atoms with E-state index in [1.807, 2.05) is 0 Å². The van der Waals surface area contributed by atoms with Crippen molar-refractivity contribution in [3.05, 3.63) is 0 Å². The van der Waals surface area contributed by atoms with Gasteiger partial charge >= 0.3 is 6.18 Å². The molecule has 0 aliphatic rings. The fourth-order valence-electron chi connectivity index (χ4n) is 0.987. The summed E-state index contributed by atoms with van der Waals surface area (Å²) in [4.78, 5) is 11.5. The summed E-state index contributed by atoms with van der Waals surface area (Å²) in [6.45, 7) is 3.69. The highest BCUT2D eigenvalue weighted by Crippen LogP contribution is 2.21. The number of unbranched alkanes of at least 4 members (excludes halogenated alkanes) is 1. The van der Waals surface area contributed by atoms with Crippen molar-refractivity contribution >= 4 is 5.91 Å². The second kappa shape index (κ2) is 6.08. The number of carbonyl (C=O) groups excluding carboxylic acids is 1. The van der Waals surface area contributed by atoms with Crippen molar-refractivity contribution in [1.82, 2.24) is 10.6 Å². The number of hydrogen-bond acceptors (Lipinski definition) is 2. The number of carbonyl (C=O) groups is 1. The summed E-state index contributed by atoms with van der Waals surface area (Å²) in [5.41, 5.74) is -0.690. The van der Waals surface area contributed by atoms with Crippen LogP contribution in [0.3, 0.4) is 0 Å². The van der Waals surface area contributed by atoms with Gasteiger partial charge in [-0.15, -0.1) is 0 Å². The number of rotatable bonds is 6. The van der Waals surface area contributed by atoms with E-state index in [9.17, 15) is 18.0 Å². The van der Waals surface area contributed by atoms with E-state index in [1.165, 1.54) is 0 Å². The molecule has 0 fully saturated rings. The second-order valence-electron chi connectivity index (χ2n) is 4.20. The minimum atomic E-state index is -4.10. The molecular formula is C10H19F3N2O. The van der Waals surface area contributed by atoms with Crippen LogP contribution < -0.4 is 10.6 Å². The third-order valence-corrected chi connectivity index (χ3v) is 2.37. The molecule has 0 aromatic carbocycles. The van der Waals surface area contributed by atoms with Crippen LogP contribution in [0.4, 0.5) is 13.2 Å². The van der Waals surface area contributed by atoms with Crippen LogP contribution in [-0.4, -0.2) is 31.2 Å². The van der Waals surface area contributed by atoms with Gasteiger partial charge < -0.3 is 10.6 Å². The van der Waals surface area contributed by atoms with Gasteiger partial charge in [-0.1, -0.05) is 0 Å². The molecule has 0 atom stereocenters. The molecule has 2 N–H and O–H groups in total. The van der Waals surface area contributed by atoms with Gasteiger partial charge in [0.1, 0.15) is 0 Å². The molecule has 6 heteroatoms. The van der Waals surface area contributed by atoms with E-state index in [1.54, 1.807) is 20.9 Å². The van der Waals surface area contributed by atoms with Crippen LogP contribution in [0, 0.1) is 0 Å². The molecule has 16 heavy (non-hydrogen) atoms.